The molecule has 0 bridgehead atoms. The van der Waals surface area contributed by atoms with Gasteiger partial charge in [0.2, 0.25) is 0 Å². The normalized spacial score (nSPS) is 12.8. The highest BCUT2D eigenvalue weighted by Gasteiger charge is 2.19. The van der Waals surface area contributed by atoms with Crippen LogP contribution in [0.2, 0.25) is 0 Å². The molecule has 0 aliphatic carbocycles. The van der Waals surface area contributed by atoms with E-state index in [1.165, 1.54) is 101 Å². The minimum atomic E-state index is -0.468. The zero-order valence-corrected chi connectivity index (χ0v) is 17.5. The summed E-state index contributed by atoms with van der Waals surface area (Å²) in [6, 6.07) is 0. The molecule has 0 aliphatic heterocycles. The fraction of sp³-hybridized carbons (Fsp3) is 1.00. The van der Waals surface area contributed by atoms with E-state index < -0.39 is 8.46 Å². The van der Waals surface area contributed by atoms with Crippen LogP contribution in [0.4, 0.5) is 0 Å². The molecular weight excluding hydrogens is 340 g/mol. The highest BCUT2D eigenvalue weighted by Crippen LogP contribution is 2.57. The molecule has 0 rings (SSSR count). The Morgan fingerprint density at radius 1 is 0.476 bits per heavy atom. The molecule has 130 valence electrons. The average molecular weight is 382 g/mol. The Bertz CT molecular complexity index is 196. The van der Waals surface area contributed by atoms with Gasteiger partial charge in [-0.05, 0) is 51.3 Å². The van der Waals surface area contributed by atoms with Gasteiger partial charge in [-0.3, -0.25) is 0 Å². The first-order valence-corrected chi connectivity index (χ1v) is 13.6. The Hall–Kier alpha value is 0.830. The number of hydrogen-bond donors (Lipinski definition) is 0. The summed E-state index contributed by atoms with van der Waals surface area (Å²) in [5.41, 5.74) is 0. The van der Waals surface area contributed by atoms with E-state index in [-0.39, 0.29) is 0 Å². The summed E-state index contributed by atoms with van der Waals surface area (Å²) < 4.78 is 0. The lowest BCUT2D eigenvalue weighted by Crippen LogP contribution is -2.08. The van der Waals surface area contributed by atoms with Crippen LogP contribution in [0.3, 0.4) is 0 Å². The van der Waals surface area contributed by atoms with Crippen molar-refractivity contribution in [3.8, 4) is 0 Å². The van der Waals surface area contributed by atoms with E-state index >= 15 is 0 Å². The van der Waals surface area contributed by atoms with E-state index in [9.17, 15) is 0 Å². The second kappa shape index (κ2) is 15.7. The molecule has 0 spiro atoms. The largest absolute Gasteiger partial charge is 0.183 e. The summed E-state index contributed by atoms with van der Waals surface area (Å²) in [6.45, 7) is 6.94. The van der Waals surface area contributed by atoms with Crippen molar-refractivity contribution >= 4 is 23.3 Å². The molecule has 0 aromatic rings. The average Bonchev–Trinajstić information content (AvgIpc) is 2.47. The Kier molecular flexibility index (Phi) is 16.3. The predicted octanol–water partition coefficient (Wildman–Crippen LogP) is 8.23. The third-order valence-electron chi connectivity index (χ3n) is 4.34. The van der Waals surface area contributed by atoms with E-state index in [0.717, 1.165) is 0 Å². The molecule has 0 radical (unpaired) electrons. The zero-order valence-electron chi connectivity index (χ0n) is 15.1. The van der Waals surface area contributed by atoms with Crippen LogP contribution in [-0.2, 0) is 0 Å². The number of rotatable bonds is 16. The molecule has 0 fully saturated rings. The van der Waals surface area contributed by atoms with Gasteiger partial charge >= 0.3 is 0 Å². The molecule has 0 aromatic heterocycles. The molecular formula is C19H41BrS. The van der Waals surface area contributed by atoms with E-state index in [0.29, 0.717) is 0 Å². The van der Waals surface area contributed by atoms with Crippen LogP contribution in [-0.4, -0.2) is 17.3 Å². The van der Waals surface area contributed by atoms with Gasteiger partial charge in [-0.25, -0.2) is 0 Å². The molecule has 0 saturated heterocycles. The van der Waals surface area contributed by atoms with Gasteiger partial charge in [-0.1, -0.05) is 85.0 Å². The van der Waals surface area contributed by atoms with Crippen molar-refractivity contribution < 1.29 is 0 Å². The molecule has 0 aliphatic rings. The Morgan fingerprint density at radius 3 is 1.19 bits per heavy atom. The lowest BCUT2D eigenvalue weighted by atomic mass is 10.1. The smallest absolute Gasteiger partial charge is 0.0136 e. The quantitative estimate of drug-likeness (QED) is 0.236. The number of unbranched alkanes of at least 4 members (excludes halogenated alkanes) is 10. The van der Waals surface area contributed by atoms with Crippen molar-refractivity contribution in [1.29, 1.82) is 0 Å². The highest BCUT2D eigenvalue weighted by molar-refractivity contribution is 9.58. The number of hydrogen-bond acceptors (Lipinski definition) is 0. The summed E-state index contributed by atoms with van der Waals surface area (Å²) in [4.78, 5) is 0. The van der Waals surface area contributed by atoms with Gasteiger partial charge in [0.05, 0.1) is 0 Å². The SMILES string of the molecule is CCCCCCCCCS(Br)(CCCCC)CCCCC. The fourth-order valence-corrected chi connectivity index (χ4v) is 7.68. The molecule has 0 saturated carbocycles. The molecule has 0 unspecified atom stereocenters. The first kappa shape index (κ1) is 21.8. The third kappa shape index (κ3) is 14.2. The minimum absolute atomic E-state index is 0.468. The Balaban J connectivity index is 3.85. The van der Waals surface area contributed by atoms with Gasteiger partial charge in [0.1, 0.15) is 0 Å². The van der Waals surface area contributed by atoms with Crippen molar-refractivity contribution in [2.24, 2.45) is 0 Å². The molecule has 0 atom stereocenters. The van der Waals surface area contributed by atoms with Gasteiger partial charge in [0.15, 0.2) is 0 Å². The fourth-order valence-electron chi connectivity index (χ4n) is 2.85. The summed E-state index contributed by atoms with van der Waals surface area (Å²) in [5.74, 6) is 4.43. The van der Waals surface area contributed by atoms with Crippen LogP contribution < -0.4 is 0 Å². The van der Waals surface area contributed by atoms with Crippen molar-refractivity contribution in [3.63, 3.8) is 0 Å². The predicted molar refractivity (Wildman–Crippen MR) is 108 cm³/mol. The maximum absolute atomic E-state index is 4.22. The summed E-state index contributed by atoms with van der Waals surface area (Å²) in [6.07, 6.45) is 18.5. The van der Waals surface area contributed by atoms with Crippen LogP contribution >= 0.6 is 23.3 Å². The Morgan fingerprint density at radius 2 is 0.762 bits per heavy atom. The summed E-state index contributed by atoms with van der Waals surface area (Å²) in [5, 5.41) is 0. The van der Waals surface area contributed by atoms with Crippen molar-refractivity contribution in [2.45, 2.75) is 104 Å². The second-order valence-corrected chi connectivity index (χ2v) is 13.8. The van der Waals surface area contributed by atoms with E-state index in [2.05, 4.69) is 35.6 Å². The zero-order chi connectivity index (χ0) is 15.8. The van der Waals surface area contributed by atoms with Crippen molar-refractivity contribution in [3.05, 3.63) is 0 Å². The van der Waals surface area contributed by atoms with Crippen LogP contribution in [0.1, 0.15) is 104 Å². The van der Waals surface area contributed by atoms with Crippen LogP contribution in [0.25, 0.3) is 0 Å². The molecule has 0 heterocycles. The first-order chi connectivity index (χ1) is 10.2. The lowest BCUT2D eigenvalue weighted by molar-refractivity contribution is 0.603. The van der Waals surface area contributed by atoms with Gasteiger partial charge in [-0.2, -0.15) is 8.46 Å². The highest BCUT2D eigenvalue weighted by atomic mass is 79.9. The van der Waals surface area contributed by atoms with Gasteiger partial charge < -0.3 is 0 Å². The Labute approximate surface area is 144 Å². The third-order valence-corrected chi connectivity index (χ3v) is 10.3. The minimum Gasteiger partial charge on any atom is -0.183 e. The van der Waals surface area contributed by atoms with Crippen LogP contribution in [0.5, 0.6) is 0 Å². The standard InChI is InChI=1S/C19H41BrS/c1-4-7-10-11-12-13-16-19-21(20,17-14-8-5-2)18-15-9-6-3/h4-19H2,1-3H3. The topological polar surface area (TPSA) is 0 Å². The summed E-state index contributed by atoms with van der Waals surface area (Å²) in [7, 11) is -0.468. The summed E-state index contributed by atoms with van der Waals surface area (Å²) >= 11 is 4.22. The molecule has 0 aromatic carbocycles. The monoisotopic (exact) mass is 380 g/mol. The van der Waals surface area contributed by atoms with E-state index in [1.807, 2.05) is 0 Å². The number of halogens is 1. The van der Waals surface area contributed by atoms with E-state index in [4.69, 9.17) is 0 Å². The van der Waals surface area contributed by atoms with E-state index in [1.54, 1.807) is 0 Å². The first-order valence-electron chi connectivity index (χ1n) is 9.64. The van der Waals surface area contributed by atoms with Crippen molar-refractivity contribution in [2.75, 3.05) is 17.3 Å². The lowest BCUT2D eigenvalue weighted by Gasteiger charge is -2.34. The van der Waals surface area contributed by atoms with Gasteiger partial charge in [0, 0.05) is 0 Å². The molecule has 2 heteroatoms. The molecule has 21 heavy (non-hydrogen) atoms. The van der Waals surface area contributed by atoms with Crippen molar-refractivity contribution in [1.82, 2.24) is 0 Å². The van der Waals surface area contributed by atoms with Crippen LogP contribution in [0, 0.1) is 0 Å². The van der Waals surface area contributed by atoms with Gasteiger partial charge in [-0.15, -0.1) is 0 Å². The molecule has 0 N–H and O–H groups in total. The maximum atomic E-state index is 4.22. The molecule has 0 nitrogen and oxygen atoms in total. The van der Waals surface area contributed by atoms with Gasteiger partial charge in [0.25, 0.3) is 0 Å². The van der Waals surface area contributed by atoms with Crippen LogP contribution in [0.15, 0.2) is 0 Å². The second-order valence-electron chi connectivity index (χ2n) is 6.59. The maximum Gasteiger partial charge on any atom is -0.0136 e. The molecule has 0 amide bonds.